The van der Waals surface area contributed by atoms with Crippen LogP contribution in [0.15, 0.2) is 12.7 Å². The van der Waals surface area contributed by atoms with Crippen molar-refractivity contribution in [3.05, 3.63) is 12.7 Å². The number of hydrogen-bond acceptors (Lipinski definition) is 2. The molecule has 0 aromatic rings. The van der Waals surface area contributed by atoms with Crippen LogP contribution in [0.5, 0.6) is 0 Å². The van der Waals surface area contributed by atoms with E-state index in [0.29, 0.717) is 0 Å². The second kappa shape index (κ2) is 24.5. The quantitative estimate of drug-likeness (QED) is 0.634. The van der Waals surface area contributed by atoms with E-state index in [9.17, 15) is 9.59 Å². The van der Waals surface area contributed by atoms with Crippen molar-refractivity contribution in [2.75, 3.05) is 6.54 Å². The van der Waals surface area contributed by atoms with Crippen molar-refractivity contribution >= 4 is 12.1 Å². The fourth-order valence-corrected chi connectivity index (χ4v) is 0.740. The first-order chi connectivity index (χ1) is 10.3. The molecule has 22 heavy (non-hydrogen) atoms. The lowest BCUT2D eigenvalue weighted by Gasteiger charge is -1.90. The van der Waals surface area contributed by atoms with Gasteiger partial charge in [-0.15, -0.1) is 6.58 Å². The van der Waals surface area contributed by atoms with Crippen LogP contribution in [-0.2, 0) is 4.79 Å². The van der Waals surface area contributed by atoms with E-state index < -0.39 is 18.6 Å². The Morgan fingerprint density at radius 3 is 1.59 bits per heavy atom. The van der Waals surface area contributed by atoms with E-state index in [1.807, 2.05) is 33.8 Å². The van der Waals surface area contributed by atoms with Crippen LogP contribution in [-0.4, -0.2) is 28.8 Å². The van der Waals surface area contributed by atoms with Gasteiger partial charge < -0.3 is 15.5 Å². The van der Waals surface area contributed by atoms with Crippen molar-refractivity contribution in [3.8, 4) is 0 Å². The number of hydrogen-bond donors (Lipinski definition) is 3. The molecule has 0 unspecified atom stereocenters. The molecule has 0 spiro atoms. The highest BCUT2D eigenvalue weighted by atomic mass is 16.4. The van der Waals surface area contributed by atoms with Crippen LogP contribution in [0.4, 0.5) is 4.79 Å². The molecule has 5 nitrogen and oxygen atoms in total. The van der Waals surface area contributed by atoms with Crippen molar-refractivity contribution in [3.63, 3.8) is 0 Å². The largest absolute Gasteiger partial charge is 0.480 e. The van der Waals surface area contributed by atoms with Gasteiger partial charge in [-0.2, -0.15) is 0 Å². The Kier molecular flexibility index (Phi) is 31.9. The van der Waals surface area contributed by atoms with Crippen LogP contribution < -0.4 is 5.32 Å². The van der Waals surface area contributed by atoms with Gasteiger partial charge in [0.05, 0.1) is 0 Å². The number of carbonyl (C=O) groups is 2. The summed E-state index contributed by atoms with van der Waals surface area (Å²) in [6, 6.07) is 0. The molecule has 5 heteroatoms. The molecule has 0 heterocycles. The summed E-state index contributed by atoms with van der Waals surface area (Å²) in [7, 11) is 0. The zero-order chi connectivity index (χ0) is 18.6. The van der Waals surface area contributed by atoms with Crippen molar-refractivity contribution in [2.24, 2.45) is 11.8 Å². The van der Waals surface area contributed by atoms with Crippen LogP contribution in [0.2, 0.25) is 0 Å². The molecular weight excluding hydrogens is 282 g/mol. The second-order valence-electron chi connectivity index (χ2n) is 4.75. The molecule has 1 amide bonds. The third-order valence-corrected chi connectivity index (χ3v) is 1.59. The maximum atomic E-state index is 9.58. The highest BCUT2D eigenvalue weighted by molar-refractivity contribution is 5.75. The van der Waals surface area contributed by atoms with Gasteiger partial charge in [-0.1, -0.05) is 54.5 Å². The molecule has 0 saturated heterocycles. The summed E-state index contributed by atoms with van der Waals surface area (Å²) in [5.41, 5.74) is 0. The van der Waals surface area contributed by atoms with Gasteiger partial charge in [0.2, 0.25) is 0 Å². The molecule has 1 aliphatic carbocycles. The summed E-state index contributed by atoms with van der Waals surface area (Å²) in [5, 5.41) is 17.3. The minimum atomic E-state index is -1.33. The molecule has 0 bridgehead atoms. The fourth-order valence-electron chi connectivity index (χ4n) is 0.740. The van der Waals surface area contributed by atoms with E-state index in [1.165, 1.54) is 19.3 Å². The molecule has 1 fully saturated rings. The number of nitrogens with one attached hydrogen (secondary N) is 1. The number of carboxylic acid groups (broad SMARTS) is 2. The predicted molar refractivity (Wildman–Crippen MR) is 94.4 cm³/mol. The van der Waals surface area contributed by atoms with Gasteiger partial charge in [0, 0.05) is 0 Å². The zero-order valence-electron chi connectivity index (χ0n) is 15.5. The zero-order valence-corrected chi connectivity index (χ0v) is 15.5. The summed E-state index contributed by atoms with van der Waals surface area (Å²) in [4.78, 5) is 19.1. The third kappa shape index (κ3) is 62.8. The van der Waals surface area contributed by atoms with Crippen molar-refractivity contribution in [1.29, 1.82) is 0 Å². The maximum Gasteiger partial charge on any atom is 0.405 e. The Morgan fingerprint density at radius 1 is 1.14 bits per heavy atom. The van der Waals surface area contributed by atoms with Crippen molar-refractivity contribution < 1.29 is 19.8 Å². The lowest BCUT2D eigenvalue weighted by atomic mass is 10.3. The molecule has 0 aromatic carbocycles. The van der Waals surface area contributed by atoms with Gasteiger partial charge >= 0.3 is 12.1 Å². The number of carboxylic acids is 1. The van der Waals surface area contributed by atoms with Gasteiger partial charge in [0.1, 0.15) is 6.54 Å². The second-order valence-corrected chi connectivity index (χ2v) is 4.75. The molecular formula is C17H37NO4. The lowest BCUT2D eigenvalue weighted by molar-refractivity contribution is -0.135. The van der Waals surface area contributed by atoms with E-state index in [4.69, 9.17) is 10.2 Å². The minimum Gasteiger partial charge on any atom is -0.480 e. The topological polar surface area (TPSA) is 86.6 Å². The maximum absolute atomic E-state index is 9.58. The van der Waals surface area contributed by atoms with Gasteiger partial charge in [-0.3, -0.25) is 4.79 Å². The molecule has 134 valence electrons. The average molecular weight is 319 g/mol. The molecule has 0 atom stereocenters. The van der Waals surface area contributed by atoms with E-state index >= 15 is 0 Å². The SMILES string of the molecule is C=CCC1CC1.CC.CC.CC(C)C.O=C(O)CNC(=O)O. The normalized spacial score (nSPS) is 10.7. The fraction of sp³-hybridized carbons (Fsp3) is 0.765. The first kappa shape index (κ1) is 28.6. The molecule has 1 saturated carbocycles. The summed E-state index contributed by atoms with van der Waals surface area (Å²) < 4.78 is 0. The van der Waals surface area contributed by atoms with Crippen LogP contribution in [0.25, 0.3) is 0 Å². The number of aliphatic carboxylic acids is 1. The van der Waals surface area contributed by atoms with Crippen LogP contribution in [0.1, 0.15) is 67.7 Å². The van der Waals surface area contributed by atoms with E-state index in [-0.39, 0.29) is 0 Å². The lowest BCUT2D eigenvalue weighted by Crippen LogP contribution is -2.27. The monoisotopic (exact) mass is 319 g/mol. The predicted octanol–water partition coefficient (Wildman–Crippen LogP) is 5.03. The van der Waals surface area contributed by atoms with Gasteiger partial charge in [-0.05, 0) is 31.1 Å². The summed E-state index contributed by atoms with van der Waals surface area (Å²) in [6.07, 6.45) is 4.84. The molecule has 3 N–H and O–H groups in total. The molecule has 1 aliphatic rings. The third-order valence-electron chi connectivity index (χ3n) is 1.59. The smallest absolute Gasteiger partial charge is 0.405 e. The Hall–Kier alpha value is -1.52. The van der Waals surface area contributed by atoms with Gasteiger partial charge in [0.25, 0.3) is 0 Å². The molecule has 0 radical (unpaired) electrons. The summed E-state index contributed by atoms with van der Waals surface area (Å²) in [5.74, 6) is 0.676. The highest BCUT2D eigenvalue weighted by Crippen LogP contribution is 2.32. The molecule has 0 aromatic heterocycles. The van der Waals surface area contributed by atoms with Crippen molar-refractivity contribution in [1.82, 2.24) is 5.32 Å². The number of amides is 1. The Labute approximate surface area is 136 Å². The average Bonchev–Trinajstić information content (AvgIpc) is 3.26. The van der Waals surface area contributed by atoms with Gasteiger partial charge in [0.15, 0.2) is 0 Å². The van der Waals surface area contributed by atoms with Crippen LogP contribution in [0, 0.1) is 11.8 Å². The van der Waals surface area contributed by atoms with Crippen LogP contribution in [0.3, 0.4) is 0 Å². The molecule has 1 rings (SSSR count). The number of allylic oxidation sites excluding steroid dienone is 1. The molecule has 0 aliphatic heterocycles. The minimum absolute atomic E-state index is 0.546. The van der Waals surface area contributed by atoms with Gasteiger partial charge in [-0.25, -0.2) is 4.79 Å². The first-order valence-corrected chi connectivity index (χ1v) is 8.09. The van der Waals surface area contributed by atoms with E-state index in [1.54, 1.807) is 5.32 Å². The Bertz CT molecular complexity index is 232. The number of rotatable bonds is 4. The van der Waals surface area contributed by atoms with E-state index in [2.05, 4.69) is 27.4 Å². The standard InChI is InChI=1S/C6H10.C4H10.C3H5NO4.2C2H6/c1-2-3-6-4-5-6;1-4(2)3;5-2(6)1-4-3(7)8;2*1-2/h2,6H,1,3-5H2;4H,1-3H3;4H,1H2,(H,5,6)(H,7,8);2*1-2H3. The van der Waals surface area contributed by atoms with E-state index in [0.717, 1.165) is 11.8 Å². The van der Waals surface area contributed by atoms with Crippen LogP contribution >= 0.6 is 0 Å². The first-order valence-electron chi connectivity index (χ1n) is 8.09. The van der Waals surface area contributed by atoms with Crippen molar-refractivity contribution in [2.45, 2.75) is 67.7 Å². The summed E-state index contributed by atoms with van der Waals surface area (Å²) in [6.45, 7) is 17.6. The Morgan fingerprint density at radius 2 is 1.50 bits per heavy atom. The highest BCUT2D eigenvalue weighted by Gasteiger charge is 2.18. The summed E-state index contributed by atoms with van der Waals surface area (Å²) >= 11 is 0. The Balaban J connectivity index is -0.000000103.